The van der Waals surface area contributed by atoms with Gasteiger partial charge in [-0.2, -0.15) is 0 Å². The van der Waals surface area contributed by atoms with Crippen LogP contribution in [0.15, 0.2) is 24.3 Å². The summed E-state index contributed by atoms with van der Waals surface area (Å²) >= 11 is 0. The summed E-state index contributed by atoms with van der Waals surface area (Å²) in [6.07, 6.45) is -0.887. The molecule has 2 fully saturated rings. The van der Waals surface area contributed by atoms with E-state index in [1.54, 1.807) is 0 Å². The van der Waals surface area contributed by atoms with Crippen LogP contribution >= 0.6 is 0 Å². The lowest BCUT2D eigenvalue weighted by molar-refractivity contribution is -0.197. The predicted molar refractivity (Wildman–Crippen MR) is 158 cm³/mol. The highest BCUT2D eigenvalue weighted by Gasteiger charge is 2.33. The second kappa shape index (κ2) is 15.2. The van der Waals surface area contributed by atoms with Crippen molar-refractivity contribution in [3.63, 3.8) is 0 Å². The maximum atomic E-state index is 12.6. The van der Waals surface area contributed by atoms with E-state index < -0.39 is 35.3 Å². The number of benzene rings is 1. The van der Waals surface area contributed by atoms with Gasteiger partial charge in [0.1, 0.15) is 5.60 Å². The molecule has 240 valence electrons. The first-order chi connectivity index (χ1) is 20.1. The number of β-amino-alcohol motifs (C(OH)–C–C–N with tert-alkyl or cyclic N) is 1. The molecule has 1 aromatic rings. The lowest BCUT2D eigenvalue weighted by Crippen LogP contribution is -2.43. The van der Waals surface area contributed by atoms with Crippen LogP contribution in [0.25, 0.3) is 0 Å². The van der Waals surface area contributed by atoms with Gasteiger partial charge in [0.25, 0.3) is 11.8 Å². The molecule has 1 N–H and O–H groups in total. The third kappa shape index (κ3) is 12.7. The molecule has 12 heteroatoms. The Balaban J connectivity index is 1.62. The number of rotatable bonds is 10. The van der Waals surface area contributed by atoms with Crippen molar-refractivity contribution in [1.29, 1.82) is 0 Å². The van der Waals surface area contributed by atoms with Crippen molar-refractivity contribution >= 4 is 23.8 Å². The van der Waals surface area contributed by atoms with E-state index in [1.807, 2.05) is 65.8 Å². The van der Waals surface area contributed by atoms with Gasteiger partial charge in [-0.3, -0.25) is 29.1 Å². The van der Waals surface area contributed by atoms with Crippen LogP contribution in [0.1, 0.15) is 65.5 Å². The molecular weight excluding hydrogens is 556 g/mol. The summed E-state index contributed by atoms with van der Waals surface area (Å²) in [5.41, 5.74) is 0.719. The fourth-order valence-corrected chi connectivity index (χ4v) is 4.88. The smallest absolute Gasteiger partial charge is 0.337 e. The Hall–Kier alpha value is -2.90. The number of amides is 2. The van der Waals surface area contributed by atoms with Gasteiger partial charge in [0.15, 0.2) is 6.29 Å². The van der Waals surface area contributed by atoms with E-state index >= 15 is 0 Å². The molecule has 2 amide bonds. The van der Waals surface area contributed by atoms with Gasteiger partial charge in [-0.05, 0) is 52.7 Å². The van der Waals surface area contributed by atoms with E-state index in [1.165, 1.54) is 0 Å². The van der Waals surface area contributed by atoms with Crippen LogP contribution in [0.2, 0.25) is 0 Å². The Morgan fingerprint density at radius 3 is 1.81 bits per heavy atom. The fraction of sp³-hybridized carbons (Fsp3) is 0.677. The number of hydrogen-bond acceptors (Lipinski definition) is 11. The van der Waals surface area contributed by atoms with E-state index in [4.69, 9.17) is 14.3 Å². The average molecular weight is 605 g/mol. The molecular formula is C31H48N4O8. The van der Waals surface area contributed by atoms with E-state index in [-0.39, 0.29) is 31.8 Å². The summed E-state index contributed by atoms with van der Waals surface area (Å²) in [7, 11) is 0. The van der Waals surface area contributed by atoms with Gasteiger partial charge in [-0.15, -0.1) is 5.06 Å². The molecule has 0 spiro atoms. The van der Waals surface area contributed by atoms with E-state index in [2.05, 4.69) is 14.7 Å². The van der Waals surface area contributed by atoms with Crippen LogP contribution in [-0.4, -0.2) is 118 Å². The topological polar surface area (TPSA) is 129 Å². The summed E-state index contributed by atoms with van der Waals surface area (Å²) in [6, 6.07) is 7.56. The predicted octanol–water partition coefficient (Wildman–Crippen LogP) is 1.73. The summed E-state index contributed by atoms with van der Waals surface area (Å²) in [5, 5.41) is 11.1. The zero-order valence-corrected chi connectivity index (χ0v) is 26.5. The molecule has 12 nitrogen and oxygen atoms in total. The number of carbonyl (C=O) groups is 4. The van der Waals surface area contributed by atoms with Crippen LogP contribution in [-0.2, 0) is 46.5 Å². The minimum Gasteiger partial charge on any atom is -0.459 e. The highest BCUT2D eigenvalue weighted by Crippen LogP contribution is 2.16. The monoisotopic (exact) mass is 604 g/mol. The number of aliphatic hydroxyl groups is 1. The lowest BCUT2D eigenvalue weighted by Gasteiger charge is -2.30. The van der Waals surface area contributed by atoms with Crippen LogP contribution in [0.3, 0.4) is 0 Å². The van der Waals surface area contributed by atoms with E-state index in [0.717, 1.165) is 18.7 Å². The van der Waals surface area contributed by atoms with Crippen LogP contribution in [0, 0.1) is 0 Å². The lowest BCUT2D eigenvalue weighted by atomic mass is 10.1. The molecule has 0 bridgehead atoms. The van der Waals surface area contributed by atoms with Gasteiger partial charge in [0.05, 0.1) is 18.6 Å². The summed E-state index contributed by atoms with van der Waals surface area (Å²) in [6.45, 7) is 16.6. The zero-order chi connectivity index (χ0) is 31.8. The van der Waals surface area contributed by atoms with Crippen LogP contribution < -0.4 is 0 Å². The maximum absolute atomic E-state index is 12.6. The molecule has 2 saturated heterocycles. The van der Waals surface area contributed by atoms with Gasteiger partial charge in [-0.25, -0.2) is 4.79 Å². The van der Waals surface area contributed by atoms with Crippen molar-refractivity contribution in [2.45, 2.75) is 84.8 Å². The molecule has 0 aliphatic carbocycles. The molecule has 0 aromatic heterocycles. The highest BCUT2D eigenvalue weighted by molar-refractivity contribution is 6.01. The number of hydrogen-bond donors (Lipinski definition) is 1. The van der Waals surface area contributed by atoms with Crippen LogP contribution in [0.4, 0.5) is 0 Å². The number of aliphatic hydroxyl groups excluding tert-OH is 1. The Kier molecular flexibility index (Phi) is 12.2. The van der Waals surface area contributed by atoms with Gasteiger partial charge < -0.3 is 19.4 Å². The van der Waals surface area contributed by atoms with Crippen molar-refractivity contribution in [2.24, 2.45) is 0 Å². The first kappa shape index (κ1) is 34.6. The minimum atomic E-state index is -0.936. The molecule has 2 heterocycles. The van der Waals surface area contributed by atoms with Crippen molar-refractivity contribution in [2.75, 3.05) is 52.4 Å². The molecule has 2 aliphatic heterocycles. The quantitative estimate of drug-likeness (QED) is 0.238. The zero-order valence-electron chi connectivity index (χ0n) is 26.5. The third-order valence-electron chi connectivity index (χ3n) is 6.85. The van der Waals surface area contributed by atoms with Crippen molar-refractivity contribution in [1.82, 2.24) is 19.8 Å². The van der Waals surface area contributed by atoms with Crippen molar-refractivity contribution in [3.05, 3.63) is 35.4 Å². The number of nitrogens with zero attached hydrogens (tertiary/aromatic N) is 4. The van der Waals surface area contributed by atoms with E-state index in [0.29, 0.717) is 49.9 Å². The third-order valence-corrected chi connectivity index (χ3v) is 6.85. The van der Waals surface area contributed by atoms with Gasteiger partial charge in [0, 0.05) is 65.2 Å². The Morgan fingerprint density at radius 2 is 1.28 bits per heavy atom. The van der Waals surface area contributed by atoms with Crippen LogP contribution in [0.5, 0.6) is 0 Å². The minimum absolute atomic E-state index is 0.0547. The Bertz CT molecular complexity index is 1100. The normalized spacial score (nSPS) is 19.1. The van der Waals surface area contributed by atoms with Crippen molar-refractivity contribution in [3.8, 4) is 0 Å². The number of imide groups is 1. The Labute approximate surface area is 254 Å². The Morgan fingerprint density at radius 1 is 0.767 bits per heavy atom. The largest absolute Gasteiger partial charge is 0.459 e. The first-order valence-electron chi connectivity index (χ1n) is 15.0. The number of ether oxygens (including phenoxy) is 2. The molecule has 3 rings (SSSR count). The fourth-order valence-electron chi connectivity index (χ4n) is 4.88. The van der Waals surface area contributed by atoms with Gasteiger partial charge >= 0.3 is 11.9 Å². The molecule has 1 atom stereocenters. The average Bonchev–Trinajstić information content (AvgIpc) is 3.22. The molecule has 0 radical (unpaired) electrons. The van der Waals surface area contributed by atoms with Gasteiger partial charge in [-0.1, -0.05) is 24.3 Å². The molecule has 2 aliphatic rings. The summed E-state index contributed by atoms with van der Waals surface area (Å²) in [4.78, 5) is 59.8. The highest BCUT2D eigenvalue weighted by atomic mass is 16.7. The maximum Gasteiger partial charge on any atom is 0.337 e. The van der Waals surface area contributed by atoms with Gasteiger partial charge in [0.2, 0.25) is 0 Å². The summed E-state index contributed by atoms with van der Waals surface area (Å²) < 4.78 is 11.3. The SMILES string of the molecule is CC(C)(C)OC(=O)CN1CCN(Cc2ccc(CC(=O)ON3C(=O)CCC3=O)cc2)CCN(CC(O)OC(C)(C)C)CC1. The second-order valence-corrected chi connectivity index (χ2v) is 13.2. The summed E-state index contributed by atoms with van der Waals surface area (Å²) in [5.74, 6) is -1.94. The molecule has 1 aromatic carbocycles. The molecule has 0 saturated carbocycles. The van der Waals surface area contributed by atoms with E-state index in [9.17, 15) is 24.3 Å². The number of hydroxylamine groups is 2. The molecule has 1 unspecified atom stereocenters. The number of carbonyl (C=O) groups excluding carboxylic acids is 4. The number of esters is 1. The molecule has 43 heavy (non-hydrogen) atoms. The second-order valence-electron chi connectivity index (χ2n) is 13.2. The first-order valence-corrected chi connectivity index (χ1v) is 15.0. The standard InChI is InChI=1S/C31H48N4O8/c1-30(2,3)41-28(39)21-33-15-13-32(14-16-34(18-17-33)22-29(40)42-31(4,5)6)20-24-9-7-23(8-10-24)19-27(38)43-35-25(36)11-12-26(35)37/h7-10,28,39H,11-22H2,1-6H3. The van der Waals surface area contributed by atoms with Crippen molar-refractivity contribution < 1.29 is 38.6 Å².